The average molecular weight is 680 g/mol. The minimum atomic E-state index is -0.645. The molecule has 10 rings (SSSR count). The molecule has 0 radical (unpaired) electrons. The Labute approximate surface area is 306 Å². The van der Waals surface area contributed by atoms with Gasteiger partial charge in [0.25, 0.3) is 0 Å². The van der Waals surface area contributed by atoms with Gasteiger partial charge in [-0.1, -0.05) is 133 Å². The van der Waals surface area contributed by atoms with Crippen LogP contribution < -0.4 is 9.64 Å². The quantitative estimate of drug-likeness (QED) is 0.184. The van der Waals surface area contributed by atoms with E-state index in [-0.39, 0.29) is 0 Å². The highest BCUT2D eigenvalue weighted by Gasteiger charge is 2.51. The molecular formula is C47H29N5O. The molecule has 1 spiro atoms. The predicted octanol–water partition coefficient (Wildman–Crippen LogP) is 11.0. The lowest BCUT2D eigenvalue weighted by Crippen LogP contribution is -2.39. The number of hydrogen-bond acceptors (Lipinski definition) is 6. The molecule has 248 valence electrons. The van der Waals surface area contributed by atoms with E-state index in [2.05, 4.69) is 95.9 Å². The molecule has 0 saturated carbocycles. The van der Waals surface area contributed by atoms with E-state index in [0.29, 0.717) is 28.6 Å². The molecule has 8 aromatic rings. The van der Waals surface area contributed by atoms with Gasteiger partial charge in [-0.2, -0.15) is 5.26 Å². The van der Waals surface area contributed by atoms with Gasteiger partial charge in [-0.3, -0.25) is 0 Å². The molecule has 6 nitrogen and oxygen atoms in total. The third-order valence-corrected chi connectivity index (χ3v) is 10.2. The van der Waals surface area contributed by atoms with E-state index in [1.165, 1.54) is 0 Å². The molecule has 7 aromatic carbocycles. The molecule has 53 heavy (non-hydrogen) atoms. The van der Waals surface area contributed by atoms with Crippen molar-refractivity contribution in [2.75, 3.05) is 4.90 Å². The first-order valence-corrected chi connectivity index (χ1v) is 17.5. The number of anilines is 3. The van der Waals surface area contributed by atoms with Crippen molar-refractivity contribution in [2.45, 2.75) is 5.41 Å². The Morgan fingerprint density at radius 2 is 0.925 bits per heavy atom. The van der Waals surface area contributed by atoms with Crippen LogP contribution in [0.25, 0.3) is 34.2 Å². The summed E-state index contributed by atoms with van der Waals surface area (Å²) in [5, 5.41) is 10.5. The fourth-order valence-electron chi connectivity index (χ4n) is 7.98. The Hall–Kier alpha value is -7.36. The molecule has 3 heterocycles. The van der Waals surface area contributed by atoms with Crippen LogP contribution in [-0.2, 0) is 5.41 Å². The van der Waals surface area contributed by atoms with Gasteiger partial charge in [0.1, 0.15) is 11.5 Å². The summed E-state index contributed by atoms with van der Waals surface area (Å²) in [5.74, 6) is 3.18. The Bertz CT molecular complexity index is 2590. The Morgan fingerprint density at radius 3 is 1.45 bits per heavy atom. The Kier molecular flexibility index (Phi) is 6.98. The largest absolute Gasteiger partial charge is 0.457 e. The van der Waals surface area contributed by atoms with Gasteiger partial charge < -0.3 is 9.64 Å². The van der Waals surface area contributed by atoms with Crippen molar-refractivity contribution >= 4 is 17.1 Å². The number of nitrogens with zero attached hydrogens (tertiary/aromatic N) is 5. The smallest absolute Gasteiger partial charge is 0.165 e. The highest BCUT2D eigenvalue weighted by molar-refractivity contribution is 5.92. The molecule has 6 heteroatoms. The summed E-state index contributed by atoms with van der Waals surface area (Å²) in [6.07, 6.45) is 0. The highest BCUT2D eigenvalue weighted by Crippen LogP contribution is 2.62. The molecular weight excluding hydrogens is 651 g/mol. The maximum atomic E-state index is 10.5. The van der Waals surface area contributed by atoms with Crippen LogP contribution in [0, 0.1) is 11.3 Å². The maximum absolute atomic E-state index is 10.5. The van der Waals surface area contributed by atoms with Crippen molar-refractivity contribution in [3.05, 3.63) is 204 Å². The molecule has 2 aliphatic rings. The topological polar surface area (TPSA) is 74.9 Å². The van der Waals surface area contributed by atoms with Crippen LogP contribution in [0.1, 0.15) is 27.8 Å². The van der Waals surface area contributed by atoms with Gasteiger partial charge in [0.05, 0.1) is 28.4 Å². The molecule has 1 aromatic heterocycles. The minimum absolute atomic E-state index is 0.429. The van der Waals surface area contributed by atoms with E-state index in [1.807, 2.05) is 91.0 Å². The minimum Gasteiger partial charge on any atom is -0.457 e. The first-order valence-electron chi connectivity index (χ1n) is 17.5. The molecule has 0 atom stereocenters. The second kappa shape index (κ2) is 12.2. The van der Waals surface area contributed by atoms with Gasteiger partial charge in [-0.05, 0) is 53.6 Å². The van der Waals surface area contributed by atoms with E-state index < -0.39 is 5.41 Å². The van der Waals surface area contributed by atoms with E-state index >= 15 is 0 Å². The second-order valence-corrected chi connectivity index (χ2v) is 13.1. The number of nitriles is 1. The van der Waals surface area contributed by atoms with Gasteiger partial charge >= 0.3 is 0 Å². The number of hydrogen-bond donors (Lipinski definition) is 0. The summed E-state index contributed by atoms with van der Waals surface area (Å²) >= 11 is 0. The summed E-state index contributed by atoms with van der Waals surface area (Å²) in [7, 11) is 0. The molecule has 0 bridgehead atoms. The number of rotatable bonds is 4. The lowest BCUT2D eigenvalue weighted by molar-refractivity contribution is 0.434. The third kappa shape index (κ3) is 4.68. The third-order valence-electron chi connectivity index (χ3n) is 10.2. The van der Waals surface area contributed by atoms with Gasteiger partial charge in [0.2, 0.25) is 0 Å². The van der Waals surface area contributed by atoms with Crippen molar-refractivity contribution < 1.29 is 4.74 Å². The molecule has 0 unspecified atom stereocenters. The van der Waals surface area contributed by atoms with Crippen molar-refractivity contribution in [1.82, 2.24) is 15.0 Å². The van der Waals surface area contributed by atoms with E-state index in [1.54, 1.807) is 0 Å². The molecule has 0 N–H and O–H groups in total. The van der Waals surface area contributed by atoms with Crippen LogP contribution in [0.15, 0.2) is 176 Å². The number of aromatic nitrogens is 3. The summed E-state index contributed by atoms with van der Waals surface area (Å²) in [6, 6.07) is 62.0. The molecule has 2 aliphatic heterocycles. The number of benzene rings is 7. The molecule has 0 saturated heterocycles. The first kappa shape index (κ1) is 30.5. The monoisotopic (exact) mass is 679 g/mol. The van der Waals surface area contributed by atoms with Crippen LogP contribution in [0.3, 0.4) is 0 Å². The van der Waals surface area contributed by atoms with Crippen LogP contribution >= 0.6 is 0 Å². The highest BCUT2D eigenvalue weighted by atomic mass is 16.5. The van der Waals surface area contributed by atoms with Crippen LogP contribution in [0.5, 0.6) is 11.5 Å². The second-order valence-electron chi connectivity index (χ2n) is 13.1. The Balaban J connectivity index is 1.22. The fraction of sp³-hybridized carbons (Fsp3) is 0.0213. The van der Waals surface area contributed by atoms with Crippen LogP contribution in [0.4, 0.5) is 17.1 Å². The fourth-order valence-corrected chi connectivity index (χ4v) is 7.98. The number of para-hydroxylation sites is 4. The lowest BCUT2D eigenvalue weighted by atomic mass is 9.61. The van der Waals surface area contributed by atoms with Gasteiger partial charge in [-0.15, -0.1) is 0 Å². The first-order chi connectivity index (χ1) is 26.2. The lowest BCUT2D eigenvalue weighted by Gasteiger charge is -2.48. The molecule has 0 amide bonds. The number of fused-ring (bicyclic) bond motifs is 8. The van der Waals surface area contributed by atoms with Crippen molar-refractivity contribution in [3.63, 3.8) is 0 Å². The Morgan fingerprint density at radius 1 is 0.472 bits per heavy atom. The SMILES string of the molecule is N#Cc1ccc(N2c3ccccc3C3(c4ccccc4Oc4ccccc43)c3ccccc32)cc1-c1nc(-c2ccccc2)nc(-c2ccccc2)n1. The van der Waals surface area contributed by atoms with Crippen molar-refractivity contribution in [3.8, 4) is 51.7 Å². The number of ether oxygens (including phenoxy) is 1. The summed E-state index contributed by atoms with van der Waals surface area (Å²) in [4.78, 5) is 17.2. The average Bonchev–Trinajstić information content (AvgIpc) is 3.24. The van der Waals surface area contributed by atoms with E-state index in [9.17, 15) is 5.26 Å². The van der Waals surface area contributed by atoms with Crippen molar-refractivity contribution in [1.29, 1.82) is 5.26 Å². The zero-order valence-corrected chi connectivity index (χ0v) is 28.4. The predicted molar refractivity (Wildman–Crippen MR) is 207 cm³/mol. The molecule has 0 fully saturated rings. The van der Waals surface area contributed by atoms with Crippen LogP contribution in [-0.4, -0.2) is 15.0 Å². The maximum Gasteiger partial charge on any atom is 0.165 e. The molecule has 0 aliphatic carbocycles. The standard InChI is InChI=1S/C47H29N5O/c48-30-33-27-28-34(29-35(33)46-50-44(31-15-3-1-4-16-31)49-45(51-46)32-17-5-2-6-18-32)52-40-23-11-7-19-36(40)47(37-20-8-12-24-41(37)52)38-21-9-13-25-42(38)53-43-26-14-10-22-39(43)47/h1-29H. The zero-order chi connectivity index (χ0) is 35.4. The van der Waals surface area contributed by atoms with E-state index in [4.69, 9.17) is 19.7 Å². The van der Waals surface area contributed by atoms with Crippen molar-refractivity contribution in [2.24, 2.45) is 0 Å². The summed E-state index contributed by atoms with van der Waals surface area (Å²) in [5.41, 5.74) is 9.55. The van der Waals surface area contributed by atoms with Gasteiger partial charge in [-0.25, -0.2) is 15.0 Å². The van der Waals surface area contributed by atoms with Gasteiger partial charge in [0.15, 0.2) is 17.5 Å². The van der Waals surface area contributed by atoms with Crippen LogP contribution in [0.2, 0.25) is 0 Å². The zero-order valence-electron chi connectivity index (χ0n) is 28.4. The summed E-state index contributed by atoms with van der Waals surface area (Å²) in [6.45, 7) is 0. The normalized spacial score (nSPS) is 13.2. The van der Waals surface area contributed by atoms with E-state index in [0.717, 1.165) is 61.9 Å². The van der Waals surface area contributed by atoms with Gasteiger partial charge in [0, 0.05) is 33.5 Å². The summed E-state index contributed by atoms with van der Waals surface area (Å²) < 4.78 is 6.56.